The largest absolute Gasteiger partial charge is 0.428 e. The van der Waals surface area contributed by atoms with E-state index >= 15 is 0 Å². The zero-order valence-corrected chi connectivity index (χ0v) is 19.4. The first-order valence-electron chi connectivity index (χ1n) is 11.7. The van der Waals surface area contributed by atoms with Crippen molar-refractivity contribution in [1.82, 2.24) is 0 Å². The van der Waals surface area contributed by atoms with Crippen molar-refractivity contribution < 1.29 is 4.65 Å². The van der Waals surface area contributed by atoms with Crippen molar-refractivity contribution in [2.45, 2.75) is 124 Å². The Labute approximate surface area is 171 Å². The van der Waals surface area contributed by atoms with E-state index in [-0.39, 0.29) is 18.3 Å². The summed E-state index contributed by atoms with van der Waals surface area (Å²) in [4.78, 5) is 0. The lowest BCUT2D eigenvalue weighted by atomic mass is 9.39. The van der Waals surface area contributed by atoms with Gasteiger partial charge in [0, 0.05) is 12.0 Å². The van der Waals surface area contributed by atoms with Gasteiger partial charge in [-0.2, -0.15) is 0 Å². The highest BCUT2D eigenvalue weighted by atomic mass is 16.4. The van der Waals surface area contributed by atoms with E-state index in [1.807, 2.05) is 0 Å². The molecule has 0 saturated heterocycles. The van der Waals surface area contributed by atoms with Crippen LogP contribution in [0.1, 0.15) is 113 Å². The minimum Gasteiger partial charge on any atom is -0.428 e. The quantitative estimate of drug-likeness (QED) is 0.215. The van der Waals surface area contributed by atoms with Gasteiger partial charge in [-0.15, -0.1) is 0 Å². The molecule has 1 nitrogen and oxygen atoms in total. The second-order valence-electron chi connectivity index (χ2n) is 9.65. The summed E-state index contributed by atoms with van der Waals surface area (Å²) >= 11 is 0. The van der Waals surface area contributed by atoms with Gasteiger partial charge in [0.1, 0.15) is 0 Å². The van der Waals surface area contributed by atoms with Crippen LogP contribution in [0.25, 0.3) is 0 Å². The predicted octanol–water partition coefficient (Wildman–Crippen LogP) is 7.86. The van der Waals surface area contributed by atoms with E-state index in [0.29, 0.717) is 11.8 Å². The van der Waals surface area contributed by atoms with Crippen LogP contribution in [0, 0.1) is 23.7 Å². The van der Waals surface area contributed by atoms with Crippen molar-refractivity contribution >= 4 is 6.92 Å². The van der Waals surface area contributed by atoms with Crippen LogP contribution in [0.2, 0.25) is 5.31 Å². The SMILES string of the molecule is CCCCCC/C=C(/C#CC1CCCCC1)B(OC(C)C)C(C)(C)C(C)C. The second-order valence-corrected chi connectivity index (χ2v) is 9.65. The molecular weight excluding hydrogens is 327 g/mol. The average molecular weight is 372 g/mol. The molecule has 0 aromatic heterocycles. The molecule has 0 aromatic rings. The molecule has 0 amide bonds. The Hall–Kier alpha value is -0.675. The average Bonchev–Trinajstić information content (AvgIpc) is 2.63. The van der Waals surface area contributed by atoms with Gasteiger partial charge in [-0.05, 0) is 56.2 Å². The number of hydrogen-bond acceptors (Lipinski definition) is 1. The third kappa shape index (κ3) is 8.91. The second kappa shape index (κ2) is 12.7. The van der Waals surface area contributed by atoms with Gasteiger partial charge in [0.05, 0.1) is 0 Å². The number of rotatable bonds is 10. The monoisotopic (exact) mass is 372 g/mol. The number of allylic oxidation sites excluding steroid dienone is 2. The smallest absolute Gasteiger partial charge is 0.341 e. The van der Waals surface area contributed by atoms with E-state index in [0.717, 1.165) is 6.42 Å². The van der Waals surface area contributed by atoms with Crippen LogP contribution in [0.5, 0.6) is 0 Å². The first-order valence-corrected chi connectivity index (χ1v) is 11.7. The molecule has 0 radical (unpaired) electrons. The molecule has 27 heavy (non-hydrogen) atoms. The molecule has 0 aromatic carbocycles. The normalized spacial score (nSPS) is 16.6. The summed E-state index contributed by atoms with van der Waals surface area (Å²) in [5, 5.41) is 0.0702. The van der Waals surface area contributed by atoms with Crippen LogP contribution in [-0.4, -0.2) is 13.0 Å². The van der Waals surface area contributed by atoms with Gasteiger partial charge in [0.25, 0.3) is 0 Å². The van der Waals surface area contributed by atoms with Crippen molar-refractivity contribution in [2.75, 3.05) is 0 Å². The summed E-state index contributed by atoms with van der Waals surface area (Å²) < 4.78 is 6.49. The lowest BCUT2D eigenvalue weighted by Crippen LogP contribution is -2.39. The Kier molecular flexibility index (Phi) is 11.5. The minimum absolute atomic E-state index is 0.0702. The van der Waals surface area contributed by atoms with Crippen molar-refractivity contribution in [3.8, 4) is 11.8 Å². The van der Waals surface area contributed by atoms with Crippen molar-refractivity contribution in [1.29, 1.82) is 0 Å². The molecule has 1 fully saturated rings. The van der Waals surface area contributed by atoms with Crippen LogP contribution >= 0.6 is 0 Å². The molecule has 0 heterocycles. The standard InChI is InChI=1S/C25H45BO/c1-8-9-10-11-15-18-24(20-19-23-16-13-12-14-17-23)26(27-22(4)5)25(6,7)21(2)3/h18,21-23H,8-17H2,1-7H3/b24-18-. The summed E-state index contributed by atoms with van der Waals surface area (Å²) in [7, 11) is 0. The highest BCUT2D eigenvalue weighted by molar-refractivity contribution is 6.65. The van der Waals surface area contributed by atoms with E-state index in [9.17, 15) is 0 Å². The summed E-state index contributed by atoms with van der Waals surface area (Å²) in [5.41, 5.74) is 1.24. The maximum Gasteiger partial charge on any atom is 0.341 e. The molecule has 0 N–H and O–H groups in total. The first kappa shape index (κ1) is 24.4. The van der Waals surface area contributed by atoms with Crippen LogP contribution in [0.4, 0.5) is 0 Å². The lowest BCUT2D eigenvalue weighted by molar-refractivity contribution is 0.223. The predicted molar refractivity (Wildman–Crippen MR) is 122 cm³/mol. The van der Waals surface area contributed by atoms with Crippen molar-refractivity contribution in [3.63, 3.8) is 0 Å². The van der Waals surface area contributed by atoms with Crippen LogP contribution in [0.15, 0.2) is 11.5 Å². The first-order chi connectivity index (χ1) is 12.8. The van der Waals surface area contributed by atoms with Gasteiger partial charge >= 0.3 is 6.92 Å². The van der Waals surface area contributed by atoms with E-state index < -0.39 is 0 Å². The van der Waals surface area contributed by atoms with Crippen LogP contribution in [-0.2, 0) is 4.65 Å². The van der Waals surface area contributed by atoms with E-state index in [1.165, 1.54) is 63.3 Å². The summed E-state index contributed by atoms with van der Waals surface area (Å²) in [6.07, 6.45) is 15.6. The molecule has 1 saturated carbocycles. The summed E-state index contributed by atoms with van der Waals surface area (Å²) in [6.45, 7) is 16.0. The third-order valence-electron chi connectivity index (χ3n) is 6.30. The highest BCUT2D eigenvalue weighted by Crippen LogP contribution is 2.41. The molecule has 1 rings (SSSR count). The van der Waals surface area contributed by atoms with Crippen molar-refractivity contribution in [3.05, 3.63) is 11.5 Å². The molecule has 0 unspecified atom stereocenters. The fraction of sp³-hybridized carbons (Fsp3) is 0.840. The topological polar surface area (TPSA) is 9.23 Å². The molecule has 0 spiro atoms. The summed E-state index contributed by atoms with van der Waals surface area (Å²) in [5.74, 6) is 8.40. The molecule has 1 aliphatic rings. The Morgan fingerprint density at radius 3 is 2.30 bits per heavy atom. The Morgan fingerprint density at radius 1 is 1.07 bits per heavy atom. The molecule has 0 atom stereocenters. The van der Waals surface area contributed by atoms with Crippen LogP contribution < -0.4 is 0 Å². The van der Waals surface area contributed by atoms with Crippen LogP contribution in [0.3, 0.4) is 0 Å². The van der Waals surface area contributed by atoms with Gasteiger partial charge in [0.15, 0.2) is 0 Å². The summed E-state index contributed by atoms with van der Waals surface area (Å²) in [6, 6.07) is 0. The zero-order valence-electron chi connectivity index (χ0n) is 19.4. The maximum absolute atomic E-state index is 6.49. The van der Waals surface area contributed by atoms with E-state index in [1.54, 1.807) is 0 Å². The molecule has 154 valence electrons. The van der Waals surface area contributed by atoms with Gasteiger partial charge in [-0.3, -0.25) is 0 Å². The zero-order chi connectivity index (χ0) is 20.3. The third-order valence-corrected chi connectivity index (χ3v) is 6.30. The Bertz CT molecular complexity index is 486. The van der Waals surface area contributed by atoms with E-state index in [2.05, 4.69) is 66.4 Å². The molecular formula is C25H45BO. The molecule has 2 heteroatoms. The maximum atomic E-state index is 6.49. The minimum atomic E-state index is 0.0702. The molecule has 1 aliphatic carbocycles. The van der Waals surface area contributed by atoms with Gasteiger partial charge in [-0.25, -0.2) is 0 Å². The number of hydrogen-bond donors (Lipinski definition) is 0. The Morgan fingerprint density at radius 2 is 1.74 bits per heavy atom. The fourth-order valence-electron chi connectivity index (χ4n) is 3.71. The van der Waals surface area contributed by atoms with Gasteiger partial charge < -0.3 is 4.65 Å². The van der Waals surface area contributed by atoms with Gasteiger partial charge in [0.2, 0.25) is 0 Å². The van der Waals surface area contributed by atoms with Crippen molar-refractivity contribution in [2.24, 2.45) is 11.8 Å². The molecule has 0 bridgehead atoms. The number of unbranched alkanes of at least 4 members (excludes halogenated alkanes) is 4. The fourth-order valence-corrected chi connectivity index (χ4v) is 3.71. The van der Waals surface area contributed by atoms with Gasteiger partial charge in [-0.1, -0.05) is 91.1 Å². The molecule has 0 aliphatic heterocycles. The Balaban J connectivity index is 3.05. The lowest BCUT2D eigenvalue weighted by Gasteiger charge is -2.36. The van der Waals surface area contributed by atoms with E-state index in [4.69, 9.17) is 4.65 Å². The highest BCUT2D eigenvalue weighted by Gasteiger charge is 2.40.